The lowest BCUT2D eigenvalue weighted by Gasteiger charge is -2.10. The van der Waals surface area contributed by atoms with Gasteiger partial charge in [-0.05, 0) is 40.2 Å². The lowest BCUT2D eigenvalue weighted by molar-refractivity contribution is 0.601. The van der Waals surface area contributed by atoms with Crippen LogP contribution in [0.4, 0.5) is 5.69 Å². The molecular weight excluding hydrogens is 398 g/mol. The molecule has 0 radical (unpaired) electrons. The third kappa shape index (κ3) is 3.70. The van der Waals surface area contributed by atoms with Gasteiger partial charge in [-0.15, -0.1) is 0 Å². The summed E-state index contributed by atoms with van der Waals surface area (Å²) in [4.78, 5) is 3.98. The van der Waals surface area contributed by atoms with Crippen LogP contribution in [0, 0.1) is 0 Å². The summed E-state index contributed by atoms with van der Waals surface area (Å²) in [6.07, 6.45) is 2.96. The van der Waals surface area contributed by atoms with Crippen molar-refractivity contribution in [2.45, 2.75) is 4.90 Å². The SMILES string of the molecule is NC(=S)c1ccc(S(=O)(=O)Nc2ccncc2Br)cc1Cl. The van der Waals surface area contributed by atoms with Gasteiger partial charge in [0.2, 0.25) is 0 Å². The van der Waals surface area contributed by atoms with Crippen LogP contribution in [0.15, 0.2) is 46.0 Å². The zero-order valence-corrected chi connectivity index (χ0v) is 14.4. The first-order valence-corrected chi connectivity index (χ1v) is 8.59. The van der Waals surface area contributed by atoms with Gasteiger partial charge in [0, 0.05) is 18.0 Å². The lowest BCUT2D eigenvalue weighted by atomic mass is 10.2. The van der Waals surface area contributed by atoms with E-state index in [0.29, 0.717) is 15.7 Å². The van der Waals surface area contributed by atoms with Crippen molar-refractivity contribution in [3.63, 3.8) is 0 Å². The number of hydrogen-bond acceptors (Lipinski definition) is 4. The molecule has 21 heavy (non-hydrogen) atoms. The maximum Gasteiger partial charge on any atom is 0.261 e. The zero-order chi connectivity index (χ0) is 15.6. The highest BCUT2D eigenvalue weighted by atomic mass is 79.9. The second-order valence-corrected chi connectivity index (χ2v) is 7.35. The Morgan fingerprint density at radius 3 is 2.67 bits per heavy atom. The molecule has 0 amide bonds. The number of rotatable bonds is 4. The number of thiocarbonyl (C=S) groups is 1. The van der Waals surface area contributed by atoms with Crippen LogP contribution in [0.25, 0.3) is 0 Å². The average Bonchev–Trinajstić information content (AvgIpc) is 2.40. The third-order valence-electron chi connectivity index (χ3n) is 2.53. The molecule has 9 heteroatoms. The Balaban J connectivity index is 2.39. The van der Waals surface area contributed by atoms with Gasteiger partial charge in [0.1, 0.15) is 4.99 Å². The largest absolute Gasteiger partial charge is 0.389 e. The van der Waals surface area contributed by atoms with Crippen LogP contribution >= 0.6 is 39.7 Å². The second-order valence-electron chi connectivity index (χ2n) is 3.97. The van der Waals surface area contributed by atoms with E-state index >= 15 is 0 Å². The molecule has 1 heterocycles. The molecule has 3 N–H and O–H groups in total. The summed E-state index contributed by atoms with van der Waals surface area (Å²) < 4.78 is 27.6. The topological polar surface area (TPSA) is 85.1 Å². The fourth-order valence-corrected chi connectivity index (χ4v) is 3.69. The fraction of sp³-hybridized carbons (Fsp3) is 0. The van der Waals surface area contributed by atoms with E-state index in [4.69, 9.17) is 29.6 Å². The number of anilines is 1. The molecule has 2 aromatic rings. The van der Waals surface area contributed by atoms with Crippen LogP contribution in [-0.2, 0) is 10.0 Å². The van der Waals surface area contributed by atoms with E-state index in [2.05, 4.69) is 25.6 Å². The predicted molar refractivity (Wildman–Crippen MR) is 90.1 cm³/mol. The molecule has 0 aliphatic heterocycles. The van der Waals surface area contributed by atoms with Gasteiger partial charge in [-0.25, -0.2) is 8.42 Å². The van der Waals surface area contributed by atoms with Gasteiger partial charge in [-0.3, -0.25) is 9.71 Å². The minimum absolute atomic E-state index is 0.0104. The first-order chi connectivity index (χ1) is 9.81. The number of pyridine rings is 1. The molecule has 0 saturated heterocycles. The highest BCUT2D eigenvalue weighted by Crippen LogP contribution is 2.26. The molecule has 1 aromatic heterocycles. The number of nitrogens with one attached hydrogen (secondary N) is 1. The fourth-order valence-electron chi connectivity index (χ4n) is 1.52. The van der Waals surface area contributed by atoms with Crippen molar-refractivity contribution in [2.24, 2.45) is 5.73 Å². The molecule has 0 fully saturated rings. The summed E-state index contributed by atoms with van der Waals surface area (Å²) in [6, 6.07) is 5.69. The number of hydrogen-bond donors (Lipinski definition) is 2. The number of aromatic nitrogens is 1. The molecule has 0 bridgehead atoms. The van der Waals surface area contributed by atoms with Gasteiger partial charge in [0.25, 0.3) is 10.0 Å². The monoisotopic (exact) mass is 405 g/mol. The van der Waals surface area contributed by atoms with Gasteiger partial charge in [-0.1, -0.05) is 23.8 Å². The van der Waals surface area contributed by atoms with Gasteiger partial charge < -0.3 is 5.73 Å². The first-order valence-electron chi connectivity index (χ1n) is 5.53. The van der Waals surface area contributed by atoms with E-state index in [0.717, 1.165) is 0 Å². The highest BCUT2D eigenvalue weighted by Gasteiger charge is 2.17. The number of sulfonamides is 1. The molecule has 2 rings (SSSR count). The summed E-state index contributed by atoms with van der Waals surface area (Å²) in [5, 5.41) is 0.180. The Labute approximate surface area is 140 Å². The van der Waals surface area contributed by atoms with Crippen molar-refractivity contribution in [1.82, 2.24) is 4.98 Å². The van der Waals surface area contributed by atoms with Crippen molar-refractivity contribution < 1.29 is 8.42 Å². The maximum atomic E-state index is 12.3. The minimum Gasteiger partial charge on any atom is -0.389 e. The van der Waals surface area contributed by atoms with Crippen LogP contribution in [0.3, 0.4) is 0 Å². The van der Waals surface area contributed by atoms with E-state index in [1.54, 1.807) is 0 Å². The average molecular weight is 407 g/mol. The summed E-state index contributed by atoms with van der Waals surface area (Å²) in [6.45, 7) is 0. The molecule has 0 saturated carbocycles. The lowest BCUT2D eigenvalue weighted by Crippen LogP contribution is -2.15. The maximum absolute atomic E-state index is 12.3. The van der Waals surface area contributed by atoms with Gasteiger partial charge in [0.05, 0.1) is 20.1 Å². The number of benzene rings is 1. The van der Waals surface area contributed by atoms with E-state index in [1.807, 2.05) is 0 Å². The molecule has 5 nitrogen and oxygen atoms in total. The van der Waals surface area contributed by atoms with E-state index in [1.165, 1.54) is 36.7 Å². The Kier molecular flexibility index (Phi) is 4.82. The molecule has 0 unspecified atom stereocenters. The van der Waals surface area contributed by atoms with Gasteiger partial charge >= 0.3 is 0 Å². The quantitative estimate of drug-likeness (QED) is 0.763. The Bertz CT molecular complexity index is 812. The number of nitrogens with two attached hydrogens (primary N) is 1. The van der Waals surface area contributed by atoms with Crippen molar-refractivity contribution >= 4 is 60.4 Å². The van der Waals surface area contributed by atoms with E-state index in [-0.39, 0.29) is 14.9 Å². The second kappa shape index (κ2) is 6.27. The summed E-state index contributed by atoms with van der Waals surface area (Å²) >= 11 is 14.0. The molecular formula is C12H9BrClN3O2S2. The smallest absolute Gasteiger partial charge is 0.261 e. The third-order valence-corrected chi connectivity index (χ3v) is 5.06. The van der Waals surface area contributed by atoms with Crippen molar-refractivity contribution in [1.29, 1.82) is 0 Å². The predicted octanol–water partition coefficient (Wildman–Crippen LogP) is 2.93. The van der Waals surface area contributed by atoms with Crippen molar-refractivity contribution in [2.75, 3.05) is 4.72 Å². The minimum atomic E-state index is -3.78. The van der Waals surface area contributed by atoms with Crippen LogP contribution in [0.5, 0.6) is 0 Å². The molecule has 1 aromatic carbocycles. The zero-order valence-electron chi connectivity index (χ0n) is 10.4. The van der Waals surface area contributed by atoms with Gasteiger partial charge in [-0.2, -0.15) is 0 Å². The molecule has 0 atom stereocenters. The first kappa shape index (κ1) is 16.2. The van der Waals surface area contributed by atoms with Crippen LogP contribution in [0.2, 0.25) is 5.02 Å². The van der Waals surface area contributed by atoms with E-state index < -0.39 is 10.0 Å². The van der Waals surface area contributed by atoms with Gasteiger partial charge in [0.15, 0.2) is 0 Å². The normalized spacial score (nSPS) is 11.1. The Morgan fingerprint density at radius 1 is 1.38 bits per heavy atom. The molecule has 0 spiro atoms. The summed E-state index contributed by atoms with van der Waals surface area (Å²) in [7, 11) is -3.78. The van der Waals surface area contributed by atoms with Crippen molar-refractivity contribution in [3.8, 4) is 0 Å². The molecule has 0 aliphatic carbocycles. The van der Waals surface area contributed by atoms with E-state index in [9.17, 15) is 8.42 Å². The summed E-state index contributed by atoms with van der Waals surface area (Å²) in [5.41, 5.74) is 6.29. The molecule has 0 aliphatic rings. The standard InChI is InChI=1S/C12H9BrClN3O2S2/c13-9-6-16-4-3-11(9)17-21(18,19)7-1-2-8(12(15)20)10(14)5-7/h1-6H,(H2,15,20)(H,16,17). The van der Waals surface area contributed by atoms with Crippen LogP contribution < -0.4 is 10.5 Å². The molecule has 110 valence electrons. The Hall–Kier alpha value is -1.22. The number of halogens is 2. The summed E-state index contributed by atoms with van der Waals surface area (Å²) in [5.74, 6) is 0. The number of nitrogens with zero attached hydrogens (tertiary/aromatic N) is 1. The highest BCUT2D eigenvalue weighted by molar-refractivity contribution is 9.10. The Morgan fingerprint density at radius 2 is 2.10 bits per heavy atom. The van der Waals surface area contributed by atoms with Crippen molar-refractivity contribution in [3.05, 3.63) is 51.7 Å². The van der Waals surface area contributed by atoms with Crippen LogP contribution in [-0.4, -0.2) is 18.4 Å². The van der Waals surface area contributed by atoms with Crippen LogP contribution in [0.1, 0.15) is 5.56 Å².